The lowest BCUT2D eigenvalue weighted by molar-refractivity contribution is -0.313. The van der Waals surface area contributed by atoms with Crippen LogP contribution in [0.4, 0.5) is 26.3 Å². The number of carbonyl (C=O) groups is 2. The smallest absolute Gasteiger partial charge is 0.434 e. The fourth-order valence-corrected chi connectivity index (χ4v) is 2.62. The summed E-state index contributed by atoms with van der Waals surface area (Å²) in [6.07, 6.45) is -15.5. The van der Waals surface area contributed by atoms with Crippen LogP contribution in [0.3, 0.4) is 0 Å². The van der Waals surface area contributed by atoms with Gasteiger partial charge in [0.1, 0.15) is 6.61 Å². The summed E-state index contributed by atoms with van der Waals surface area (Å²) in [4.78, 5) is 24.1. The van der Waals surface area contributed by atoms with E-state index in [0.29, 0.717) is 6.42 Å². The summed E-state index contributed by atoms with van der Waals surface area (Å²) in [5.41, 5.74) is -1.75. The zero-order valence-electron chi connectivity index (χ0n) is 17.8. The first-order chi connectivity index (χ1) is 12.7. The van der Waals surface area contributed by atoms with Crippen LogP contribution in [-0.2, 0) is 19.1 Å². The predicted octanol–water partition coefficient (Wildman–Crippen LogP) is 5.83. The number of carbonyl (C=O) groups excluding carboxylic acids is 2. The van der Waals surface area contributed by atoms with E-state index in [4.69, 9.17) is 4.74 Å². The molecule has 0 bridgehead atoms. The van der Waals surface area contributed by atoms with Crippen molar-refractivity contribution >= 4 is 11.9 Å². The highest BCUT2D eigenvalue weighted by Gasteiger charge is 2.59. The van der Waals surface area contributed by atoms with Crippen molar-refractivity contribution in [1.29, 1.82) is 0 Å². The standard InChI is InChI=1S/C19H30F6O4/c1-8-16(5,6)11-17(7,15(2,3)4)14(27)28-10-9-12(26)29-13(18(20,21)22)19(23,24)25/h13H,8-11H2,1-7H3. The molecule has 1 atom stereocenters. The minimum atomic E-state index is -5.79. The third kappa shape index (κ3) is 8.04. The molecular weight excluding hydrogens is 406 g/mol. The van der Waals surface area contributed by atoms with Gasteiger partial charge in [-0.25, -0.2) is 0 Å². The molecule has 0 aliphatic carbocycles. The van der Waals surface area contributed by atoms with Gasteiger partial charge in [0.05, 0.1) is 11.8 Å². The molecule has 0 N–H and O–H groups in total. The molecule has 0 aliphatic heterocycles. The molecule has 10 heteroatoms. The summed E-state index contributed by atoms with van der Waals surface area (Å²) in [6.45, 7) is 12.4. The number of esters is 2. The Balaban J connectivity index is 5.08. The second-order valence-electron chi connectivity index (χ2n) is 9.12. The molecule has 0 amide bonds. The molecule has 29 heavy (non-hydrogen) atoms. The fourth-order valence-electron chi connectivity index (χ4n) is 2.62. The van der Waals surface area contributed by atoms with E-state index in [1.165, 1.54) is 0 Å². The molecule has 4 nitrogen and oxygen atoms in total. The largest absolute Gasteiger partial charge is 0.465 e. The van der Waals surface area contributed by atoms with Crippen molar-refractivity contribution in [2.24, 2.45) is 16.2 Å². The molecule has 0 fully saturated rings. The number of ether oxygens (including phenoxy) is 2. The molecule has 0 radical (unpaired) electrons. The van der Waals surface area contributed by atoms with Crippen molar-refractivity contribution in [3.63, 3.8) is 0 Å². The lowest BCUT2D eigenvalue weighted by Crippen LogP contribution is -2.46. The van der Waals surface area contributed by atoms with Crippen LogP contribution >= 0.6 is 0 Å². The van der Waals surface area contributed by atoms with Gasteiger partial charge in [0.2, 0.25) is 0 Å². The molecule has 0 saturated carbocycles. The van der Waals surface area contributed by atoms with Gasteiger partial charge in [-0.1, -0.05) is 48.0 Å². The summed E-state index contributed by atoms with van der Waals surface area (Å²) in [7, 11) is 0. The third-order valence-electron chi connectivity index (χ3n) is 5.28. The zero-order chi connectivity index (χ0) is 23.5. The van der Waals surface area contributed by atoms with Crippen LogP contribution < -0.4 is 0 Å². The number of alkyl halides is 6. The Kier molecular flexibility index (Phi) is 8.65. The fraction of sp³-hybridized carbons (Fsp3) is 0.895. The summed E-state index contributed by atoms with van der Waals surface area (Å²) in [6, 6.07) is 0. The van der Waals surface area contributed by atoms with Crippen molar-refractivity contribution in [2.45, 2.75) is 86.2 Å². The average molecular weight is 436 g/mol. The first-order valence-corrected chi connectivity index (χ1v) is 9.17. The maximum Gasteiger partial charge on any atom is 0.434 e. The Morgan fingerprint density at radius 3 is 1.66 bits per heavy atom. The van der Waals surface area contributed by atoms with Crippen LogP contribution in [-0.4, -0.2) is 37.0 Å². The zero-order valence-corrected chi connectivity index (χ0v) is 17.8. The van der Waals surface area contributed by atoms with Crippen molar-refractivity contribution in [3.05, 3.63) is 0 Å². The van der Waals surface area contributed by atoms with Gasteiger partial charge < -0.3 is 9.47 Å². The van der Waals surface area contributed by atoms with Crippen molar-refractivity contribution in [1.82, 2.24) is 0 Å². The monoisotopic (exact) mass is 436 g/mol. The first kappa shape index (κ1) is 27.5. The molecule has 0 heterocycles. The first-order valence-electron chi connectivity index (χ1n) is 9.17. The molecular formula is C19H30F6O4. The second kappa shape index (κ2) is 9.12. The van der Waals surface area contributed by atoms with E-state index < -0.39 is 54.3 Å². The molecule has 0 aromatic heterocycles. The summed E-state index contributed by atoms with van der Waals surface area (Å²) in [5.74, 6) is -2.44. The minimum Gasteiger partial charge on any atom is -0.465 e. The van der Waals surface area contributed by atoms with Crippen LogP contribution in [0, 0.1) is 16.2 Å². The normalized spacial score (nSPS) is 15.8. The van der Waals surface area contributed by atoms with Crippen LogP contribution in [0.1, 0.15) is 67.7 Å². The maximum absolute atomic E-state index is 12.7. The van der Waals surface area contributed by atoms with Gasteiger partial charge in [-0.15, -0.1) is 0 Å². The van der Waals surface area contributed by atoms with E-state index in [9.17, 15) is 35.9 Å². The summed E-state index contributed by atoms with van der Waals surface area (Å²) < 4.78 is 83.1. The summed E-state index contributed by atoms with van der Waals surface area (Å²) >= 11 is 0. The van der Waals surface area contributed by atoms with Gasteiger partial charge in [-0.05, 0) is 24.2 Å². The number of halogens is 6. The van der Waals surface area contributed by atoms with Gasteiger partial charge >= 0.3 is 24.3 Å². The molecule has 0 saturated heterocycles. The Labute approximate surface area is 167 Å². The van der Waals surface area contributed by atoms with E-state index in [-0.39, 0.29) is 5.41 Å². The topological polar surface area (TPSA) is 52.6 Å². The highest BCUT2D eigenvalue weighted by Crippen LogP contribution is 2.48. The Hall–Kier alpha value is -1.48. The minimum absolute atomic E-state index is 0.216. The lowest BCUT2D eigenvalue weighted by Gasteiger charge is -2.44. The van der Waals surface area contributed by atoms with Crippen molar-refractivity contribution in [3.8, 4) is 0 Å². The molecule has 0 rings (SSSR count). The summed E-state index contributed by atoms with van der Waals surface area (Å²) in [5, 5.41) is 0. The molecule has 0 aromatic rings. The lowest BCUT2D eigenvalue weighted by atomic mass is 9.60. The SMILES string of the molecule is CCC(C)(C)CC(C)(C(=O)OCCC(=O)OC(C(F)(F)F)C(F)(F)F)C(C)(C)C. The van der Waals surface area contributed by atoms with E-state index in [0.717, 1.165) is 6.42 Å². The third-order valence-corrected chi connectivity index (χ3v) is 5.28. The average Bonchev–Trinajstić information content (AvgIpc) is 2.48. The molecule has 1 unspecified atom stereocenters. The van der Waals surface area contributed by atoms with Crippen LogP contribution in [0.2, 0.25) is 0 Å². The molecule has 0 aromatic carbocycles. The highest BCUT2D eigenvalue weighted by molar-refractivity contribution is 5.78. The van der Waals surface area contributed by atoms with E-state index >= 15 is 0 Å². The van der Waals surface area contributed by atoms with Gasteiger partial charge in [0.25, 0.3) is 6.10 Å². The Bertz CT molecular complexity index is 561. The van der Waals surface area contributed by atoms with Crippen LogP contribution in [0.15, 0.2) is 0 Å². The van der Waals surface area contributed by atoms with E-state index in [1.807, 2.05) is 41.5 Å². The predicted molar refractivity (Wildman–Crippen MR) is 93.8 cm³/mol. The highest BCUT2D eigenvalue weighted by atomic mass is 19.4. The van der Waals surface area contributed by atoms with Gasteiger partial charge in [-0.2, -0.15) is 26.3 Å². The Morgan fingerprint density at radius 1 is 0.862 bits per heavy atom. The molecule has 172 valence electrons. The van der Waals surface area contributed by atoms with Crippen molar-refractivity contribution in [2.75, 3.05) is 6.61 Å². The van der Waals surface area contributed by atoms with E-state index in [1.54, 1.807) is 6.92 Å². The molecule has 0 spiro atoms. The molecule has 0 aliphatic rings. The van der Waals surface area contributed by atoms with Gasteiger partial charge in [0.15, 0.2) is 0 Å². The second-order valence-corrected chi connectivity index (χ2v) is 9.12. The van der Waals surface area contributed by atoms with E-state index in [2.05, 4.69) is 4.74 Å². The Morgan fingerprint density at radius 2 is 1.31 bits per heavy atom. The number of hydrogen-bond acceptors (Lipinski definition) is 4. The van der Waals surface area contributed by atoms with Crippen molar-refractivity contribution < 1.29 is 45.4 Å². The number of hydrogen-bond donors (Lipinski definition) is 0. The van der Waals surface area contributed by atoms with Gasteiger partial charge in [0, 0.05) is 0 Å². The quantitative estimate of drug-likeness (QED) is 0.355. The van der Waals surface area contributed by atoms with Gasteiger partial charge in [-0.3, -0.25) is 9.59 Å². The maximum atomic E-state index is 12.7. The van der Waals surface area contributed by atoms with Crippen LogP contribution in [0.5, 0.6) is 0 Å². The number of rotatable bonds is 8. The van der Waals surface area contributed by atoms with Crippen LogP contribution in [0.25, 0.3) is 0 Å².